The van der Waals surface area contributed by atoms with E-state index in [4.69, 9.17) is 0 Å². The molecule has 1 aliphatic rings. The molecule has 1 fully saturated rings. The molecule has 2 rings (SSSR count). The number of hydrogen-bond donors (Lipinski definition) is 1. The van der Waals surface area contributed by atoms with Crippen LogP contribution in [0.5, 0.6) is 0 Å². The van der Waals surface area contributed by atoms with E-state index in [0.29, 0.717) is 6.47 Å². The van der Waals surface area contributed by atoms with Crippen LogP contribution in [0.1, 0.15) is 50.2 Å². The fraction of sp³-hybridized carbons (Fsp3) is 0.714. The standard InChI is InChI=1S/C9H13IN2S.C5H10O2/c10-5-8-6-13-9(12-8)7-1-3-11-4-2-7;1-5(2,3)7-4-6/h6-7,11H,1-5H2;4H,1-3H3. The SMILES string of the molecule is CC(C)(C)OC=O.ICc1csc(C2CCNCC2)n1. The summed E-state index contributed by atoms with van der Waals surface area (Å²) in [5.74, 6) is 0.725. The molecule has 0 spiro atoms. The predicted octanol–water partition coefficient (Wildman–Crippen LogP) is 3.50. The highest BCUT2D eigenvalue weighted by atomic mass is 127. The van der Waals surface area contributed by atoms with E-state index in [1.165, 1.54) is 23.5 Å². The van der Waals surface area contributed by atoms with Gasteiger partial charge in [-0.25, -0.2) is 4.98 Å². The van der Waals surface area contributed by atoms with Gasteiger partial charge in [0.25, 0.3) is 6.47 Å². The highest BCUT2D eigenvalue weighted by Gasteiger charge is 2.17. The van der Waals surface area contributed by atoms with Gasteiger partial charge in [0.15, 0.2) is 0 Å². The van der Waals surface area contributed by atoms with E-state index in [0.717, 1.165) is 23.4 Å². The Morgan fingerprint density at radius 3 is 2.55 bits per heavy atom. The Balaban J connectivity index is 0.000000246. The average molecular weight is 410 g/mol. The van der Waals surface area contributed by atoms with Crippen LogP contribution in [-0.2, 0) is 14.0 Å². The second-order valence-corrected chi connectivity index (χ2v) is 7.31. The van der Waals surface area contributed by atoms with E-state index >= 15 is 0 Å². The van der Waals surface area contributed by atoms with Crippen LogP contribution in [0.25, 0.3) is 0 Å². The first-order chi connectivity index (χ1) is 9.46. The molecular formula is C14H23IN2O2S. The highest BCUT2D eigenvalue weighted by Crippen LogP contribution is 2.28. The topological polar surface area (TPSA) is 51.2 Å². The lowest BCUT2D eigenvalue weighted by molar-refractivity contribution is -0.138. The van der Waals surface area contributed by atoms with E-state index in [1.807, 2.05) is 32.1 Å². The Labute approximate surface area is 138 Å². The van der Waals surface area contributed by atoms with Crippen molar-refractivity contribution in [1.29, 1.82) is 0 Å². The first-order valence-corrected chi connectivity index (χ1v) is 9.19. The summed E-state index contributed by atoms with van der Waals surface area (Å²) in [6.07, 6.45) is 2.52. The lowest BCUT2D eigenvalue weighted by atomic mass is 9.99. The molecule has 0 radical (unpaired) electrons. The number of carbonyl (C=O) groups is 1. The summed E-state index contributed by atoms with van der Waals surface area (Å²) in [6.45, 7) is 8.23. The maximum Gasteiger partial charge on any atom is 0.293 e. The number of nitrogens with zero attached hydrogens (tertiary/aromatic N) is 1. The van der Waals surface area contributed by atoms with Crippen LogP contribution in [0, 0.1) is 0 Å². The van der Waals surface area contributed by atoms with Gasteiger partial charge in [-0.1, -0.05) is 22.6 Å². The molecular weight excluding hydrogens is 387 g/mol. The Hall–Kier alpha value is -0.210. The summed E-state index contributed by atoms with van der Waals surface area (Å²) < 4.78 is 5.59. The monoisotopic (exact) mass is 410 g/mol. The molecule has 114 valence electrons. The smallest absolute Gasteiger partial charge is 0.293 e. The van der Waals surface area contributed by atoms with Crippen LogP contribution in [-0.4, -0.2) is 30.1 Å². The second kappa shape index (κ2) is 8.94. The van der Waals surface area contributed by atoms with E-state index in [9.17, 15) is 4.79 Å². The molecule has 2 heterocycles. The van der Waals surface area contributed by atoms with Crippen molar-refractivity contribution >= 4 is 40.4 Å². The first-order valence-electron chi connectivity index (χ1n) is 6.78. The number of rotatable bonds is 3. The number of hydrogen-bond acceptors (Lipinski definition) is 5. The normalized spacial score (nSPS) is 16.2. The number of carbonyl (C=O) groups excluding carboxylic acids is 1. The third-order valence-corrected chi connectivity index (χ3v) is 4.63. The number of halogens is 1. The summed E-state index contributed by atoms with van der Waals surface area (Å²) in [4.78, 5) is 14.2. The maximum atomic E-state index is 9.60. The van der Waals surface area contributed by atoms with Crippen molar-refractivity contribution in [2.24, 2.45) is 0 Å². The molecule has 20 heavy (non-hydrogen) atoms. The van der Waals surface area contributed by atoms with Crippen LogP contribution >= 0.6 is 33.9 Å². The van der Waals surface area contributed by atoms with Gasteiger partial charge in [-0.2, -0.15) is 0 Å². The third kappa shape index (κ3) is 6.99. The van der Waals surface area contributed by atoms with Crippen molar-refractivity contribution in [2.45, 2.75) is 49.6 Å². The molecule has 0 atom stereocenters. The number of nitrogens with one attached hydrogen (secondary N) is 1. The largest absolute Gasteiger partial charge is 0.462 e. The molecule has 0 bridgehead atoms. The van der Waals surface area contributed by atoms with Crippen LogP contribution in [0.2, 0.25) is 0 Å². The van der Waals surface area contributed by atoms with Gasteiger partial charge in [0.05, 0.1) is 10.7 Å². The summed E-state index contributed by atoms with van der Waals surface area (Å²) in [7, 11) is 0. The first kappa shape index (κ1) is 17.8. The van der Waals surface area contributed by atoms with Gasteiger partial charge in [0.2, 0.25) is 0 Å². The number of ether oxygens (including phenoxy) is 1. The molecule has 0 saturated carbocycles. The molecule has 0 aromatic carbocycles. The summed E-state index contributed by atoms with van der Waals surface area (Å²) in [5, 5.41) is 6.93. The average Bonchev–Trinajstić information content (AvgIpc) is 2.88. The van der Waals surface area contributed by atoms with Crippen molar-refractivity contribution in [2.75, 3.05) is 13.1 Å². The number of alkyl halides is 1. The number of aromatic nitrogens is 1. The van der Waals surface area contributed by atoms with Crippen LogP contribution < -0.4 is 5.32 Å². The molecule has 1 N–H and O–H groups in total. The van der Waals surface area contributed by atoms with Crippen LogP contribution in [0.3, 0.4) is 0 Å². The molecule has 6 heteroatoms. The molecule has 4 nitrogen and oxygen atoms in total. The lowest BCUT2D eigenvalue weighted by Crippen LogP contribution is -2.26. The Bertz CT molecular complexity index is 398. The van der Waals surface area contributed by atoms with Crippen molar-refractivity contribution in [3.05, 3.63) is 16.1 Å². The van der Waals surface area contributed by atoms with Gasteiger partial charge < -0.3 is 10.1 Å². The second-order valence-electron chi connectivity index (χ2n) is 5.66. The Kier molecular flexibility index (Phi) is 7.98. The van der Waals surface area contributed by atoms with Crippen molar-refractivity contribution < 1.29 is 9.53 Å². The predicted molar refractivity (Wildman–Crippen MR) is 91.6 cm³/mol. The molecule has 1 saturated heterocycles. The van der Waals surface area contributed by atoms with E-state index in [2.05, 4.69) is 43.0 Å². The molecule has 1 aromatic rings. The fourth-order valence-electron chi connectivity index (χ4n) is 1.78. The van der Waals surface area contributed by atoms with Gasteiger partial charge in [-0.05, 0) is 46.7 Å². The fourth-order valence-corrected chi connectivity index (χ4v) is 3.47. The minimum Gasteiger partial charge on any atom is -0.462 e. The van der Waals surface area contributed by atoms with Gasteiger partial charge in [0.1, 0.15) is 5.60 Å². The number of piperidine rings is 1. The molecule has 1 aliphatic heterocycles. The van der Waals surface area contributed by atoms with E-state index in [-0.39, 0.29) is 5.60 Å². The zero-order chi connectivity index (χ0) is 15.0. The van der Waals surface area contributed by atoms with Crippen LogP contribution in [0.4, 0.5) is 0 Å². The molecule has 1 aromatic heterocycles. The highest BCUT2D eigenvalue weighted by molar-refractivity contribution is 14.1. The van der Waals surface area contributed by atoms with Crippen LogP contribution in [0.15, 0.2) is 5.38 Å². The zero-order valence-electron chi connectivity index (χ0n) is 12.3. The van der Waals surface area contributed by atoms with E-state index < -0.39 is 0 Å². The van der Waals surface area contributed by atoms with Gasteiger partial charge in [-0.3, -0.25) is 4.79 Å². The summed E-state index contributed by atoms with van der Waals surface area (Å²) in [5.41, 5.74) is 0.931. The van der Waals surface area contributed by atoms with Crippen molar-refractivity contribution in [1.82, 2.24) is 10.3 Å². The summed E-state index contributed by atoms with van der Waals surface area (Å²) in [6, 6.07) is 0. The Morgan fingerprint density at radius 1 is 1.50 bits per heavy atom. The Morgan fingerprint density at radius 2 is 2.15 bits per heavy atom. The molecule has 0 aliphatic carbocycles. The summed E-state index contributed by atoms with van der Waals surface area (Å²) >= 11 is 4.21. The van der Waals surface area contributed by atoms with Gasteiger partial charge >= 0.3 is 0 Å². The lowest BCUT2D eigenvalue weighted by Gasteiger charge is -2.20. The van der Waals surface area contributed by atoms with Crippen molar-refractivity contribution in [3.8, 4) is 0 Å². The van der Waals surface area contributed by atoms with Gasteiger partial charge in [-0.15, -0.1) is 11.3 Å². The number of thiazole rings is 1. The quantitative estimate of drug-likeness (QED) is 0.471. The molecule has 0 unspecified atom stereocenters. The van der Waals surface area contributed by atoms with Gasteiger partial charge in [0, 0.05) is 15.7 Å². The van der Waals surface area contributed by atoms with Crippen molar-refractivity contribution in [3.63, 3.8) is 0 Å². The third-order valence-electron chi connectivity index (χ3n) is 2.80. The zero-order valence-corrected chi connectivity index (χ0v) is 15.3. The molecule has 0 amide bonds. The van der Waals surface area contributed by atoms with E-state index in [1.54, 1.807) is 0 Å². The maximum absolute atomic E-state index is 9.60. The minimum absolute atomic E-state index is 0.318. The minimum atomic E-state index is -0.318.